The van der Waals surface area contributed by atoms with Crippen LogP contribution in [0.5, 0.6) is 0 Å². The maximum atomic E-state index is 13.3. The molecule has 0 saturated carbocycles. The van der Waals surface area contributed by atoms with Gasteiger partial charge in [-0.05, 0) is 24.6 Å². The highest BCUT2D eigenvalue weighted by molar-refractivity contribution is 9.10. The summed E-state index contributed by atoms with van der Waals surface area (Å²) in [7, 11) is 0. The lowest BCUT2D eigenvalue weighted by molar-refractivity contribution is 0.191. The summed E-state index contributed by atoms with van der Waals surface area (Å²) in [6.45, 7) is 0.508. The molecule has 2 atom stereocenters. The molecular weight excluding hydrogens is 317 g/mol. The molecule has 0 aliphatic carbocycles. The number of nitrogens with zero attached hydrogens (tertiary/aromatic N) is 2. The molecule has 0 amide bonds. The summed E-state index contributed by atoms with van der Waals surface area (Å²) < 4.78 is 19.1. The van der Waals surface area contributed by atoms with Crippen LogP contribution in [0.3, 0.4) is 0 Å². The summed E-state index contributed by atoms with van der Waals surface area (Å²) in [5.41, 5.74) is 0.542. The van der Waals surface area contributed by atoms with Gasteiger partial charge in [0, 0.05) is 16.6 Å². The van der Waals surface area contributed by atoms with Crippen molar-refractivity contribution < 1.29 is 14.0 Å². The minimum Gasteiger partial charge on any atom is -0.392 e. The van der Waals surface area contributed by atoms with Gasteiger partial charge in [-0.15, -0.1) is 0 Å². The van der Waals surface area contributed by atoms with E-state index in [4.69, 9.17) is 4.52 Å². The summed E-state index contributed by atoms with van der Waals surface area (Å²) in [5, 5.41) is 16.4. The lowest BCUT2D eigenvalue weighted by Crippen LogP contribution is -2.15. The normalized spacial score (nSPS) is 22.9. The second-order valence-corrected chi connectivity index (χ2v) is 5.38. The third kappa shape index (κ3) is 2.68. The number of hydrogen-bond acceptors (Lipinski definition) is 5. The van der Waals surface area contributed by atoms with E-state index in [1.807, 2.05) is 0 Å². The summed E-state index contributed by atoms with van der Waals surface area (Å²) in [5.74, 6) is 0.371. The number of halogens is 2. The molecule has 0 radical (unpaired) electrons. The average molecular weight is 328 g/mol. The van der Waals surface area contributed by atoms with E-state index < -0.39 is 6.10 Å². The van der Waals surface area contributed by atoms with Crippen LogP contribution in [0.1, 0.15) is 18.4 Å². The molecule has 2 heterocycles. The van der Waals surface area contributed by atoms with Gasteiger partial charge in [0.1, 0.15) is 5.82 Å². The SMILES string of the molecule is O[C@H]1CN[C@H](c2nc(-c3cc(F)cc(Br)c3)no2)C1. The molecular formula is C12H11BrFN3O2. The molecule has 1 aliphatic heterocycles. The van der Waals surface area contributed by atoms with Crippen molar-refractivity contribution in [1.82, 2.24) is 15.5 Å². The van der Waals surface area contributed by atoms with Crippen molar-refractivity contribution in [2.24, 2.45) is 0 Å². The quantitative estimate of drug-likeness (QED) is 0.883. The van der Waals surface area contributed by atoms with E-state index in [0.717, 1.165) is 0 Å². The van der Waals surface area contributed by atoms with Gasteiger partial charge in [0.25, 0.3) is 0 Å². The molecule has 7 heteroatoms. The van der Waals surface area contributed by atoms with Gasteiger partial charge < -0.3 is 14.9 Å². The Labute approximate surface area is 117 Å². The van der Waals surface area contributed by atoms with E-state index in [2.05, 4.69) is 31.4 Å². The second-order valence-electron chi connectivity index (χ2n) is 4.46. The number of aromatic nitrogens is 2. The number of rotatable bonds is 2. The van der Waals surface area contributed by atoms with Crippen LogP contribution in [0.2, 0.25) is 0 Å². The molecule has 1 fully saturated rings. The Morgan fingerprint density at radius 2 is 2.26 bits per heavy atom. The Balaban J connectivity index is 1.88. The van der Waals surface area contributed by atoms with Gasteiger partial charge in [0.15, 0.2) is 0 Å². The minimum atomic E-state index is -0.399. The first-order valence-corrected chi connectivity index (χ1v) is 6.62. The van der Waals surface area contributed by atoms with Crippen LogP contribution in [0.25, 0.3) is 11.4 Å². The highest BCUT2D eigenvalue weighted by atomic mass is 79.9. The fourth-order valence-electron chi connectivity index (χ4n) is 2.08. The Hall–Kier alpha value is -1.31. The highest BCUT2D eigenvalue weighted by Crippen LogP contribution is 2.26. The predicted molar refractivity (Wildman–Crippen MR) is 68.8 cm³/mol. The Bertz CT molecular complexity index is 584. The first kappa shape index (κ1) is 12.7. The molecule has 5 nitrogen and oxygen atoms in total. The number of aliphatic hydroxyl groups excluding tert-OH is 1. The zero-order valence-corrected chi connectivity index (χ0v) is 11.4. The average Bonchev–Trinajstić information content (AvgIpc) is 2.95. The Kier molecular flexibility index (Phi) is 3.34. The molecule has 0 bridgehead atoms. The number of hydrogen-bond donors (Lipinski definition) is 2. The van der Waals surface area contributed by atoms with E-state index in [-0.39, 0.29) is 11.9 Å². The maximum absolute atomic E-state index is 13.3. The second kappa shape index (κ2) is 4.99. The standard InChI is InChI=1S/C12H11BrFN3O2/c13-7-1-6(2-8(14)3-7)11-16-12(19-17-11)10-4-9(18)5-15-10/h1-3,9-10,15,18H,4-5H2/t9-,10+/m1/s1. The molecule has 1 aromatic carbocycles. The zero-order valence-electron chi connectivity index (χ0n) is 9.81. The van der Waals surface area contributed by atoms with Crippen LogP contribution in [0.15, 0.2) is 27.2 Å². The van der Waals surface area contributed by atoms with Crippen molar-refractivity contribution in [2.45, 2.75) is 18.6 Å². The highest BCUT2D eigenvalue weighted by Gasteiger charge is 2.28. The Morgan fingerprint density at radius 1 is 1.42 bits per heavy atom. The number of β-amino-alcohol motifs (C(OH)–C–C–N with tert-alkyl or cyclic N) is 1. The van der Waals surface area contributed by atoms with Crippen molar-refractivity contribution in [2.75, 3.05) is 6.54 Å². The topological polar surface area (TPSA) is 71.2 Å². The van der Waals surface area contributed by atoms with Crippen molar-refractivity contribution in [3.8, 4) is 11.4 Å². The van der Waals surface area contributed by atoms with E-state index in [1.165, 1.54) is 12.1 Å². The van der Waals surface area contributed by atoms with Crippen molar-refractivity contribution in [3.63, 3.8) is 0 Å². The van der Waals surface area contributed by atoms with E-state index in [9.17, 15) is 9.50 Å². The minimum absolute atomic E-state index is 0.145. The third-order valence-electron chi connectivity index (χ3n) is 2.97. The monoisotopic (exact) mass is 327 g/mol. The van der Waals surface area contributed by atoms with Crippen molar-refractivity contribution in [1.29, 1.82) is 0 Å². The van der Waals surface area contributed by atoms with Crippen molar-refractivity contribution in [3.05, 3.63) is 34.4 Å². The zero-order chi connectivity index (χ0) is 13.4. The molecule has 3 rings (SSSR count). The molecule has 100 valence electrons. The summed E-state index contributed by atoms with van der Waals surface area (Å²) in [6.07, 6.45) is 0.137. The summed E-state index contributed by atoms with van der Waals surface area (Å²) >= 11 is 3.22. The molecule has 2 aromatic rings. The van der Waals surface area contributed by atoms with Gasteiger partial charge in [-0.3, -0.25) is 0 Å². The lowest BCUT2D eigenvalue weighted by atomic mass is 10.2. The fraction of sp³-hybridized carbons (Fsp3) is 0.333. The van der Waals surface area contributed by atoms with E-state index in [0.29, 0.717) is 34.7 Å². The molecule has 19 heavy (non-hydrogen) atoms. The maximum Gasteiger partial charge on any atom is 0.244 e. The summed E-state index contributed by atoms with van der Waals surface area (Å²) in [6, 6.07) is 4.28. The van der Waals surface area contributed by atoms with Gasteiger partial charge in [0.2, 0.25) is 11.7 Å². The molecule has 1 aliphatic rings. The molecule has 0 spiro atoms. The fourth-order valence-corrected chi connectivity index (χ4v) is 2.55. The molecule has 2 N–H and O–H groups in total. The van der Waals surface area contributed by atoms with Crippen LogP contribution in [0.4, 0.5) is 4.39 Å². The smallest absolute Gasteiger partial charge is 0.244 e. The summed E-state index contributed by atoms with van der Waals surface area (Å²) in [4.78, 5) is 4.24. The largest absolute Gasteiger partial charge is 0.392 e. The first-order chi connectivity index (χ1) is 9.11. The lowest BCUT2D eigenvalue weighted by Gasteiger charge is -2.01. The van der Waals surface area contributed by atoms with Crippen LogP contribution in [0, 0.1) is 5.82 Å². The van der Waals surface area contributed by atoms with Gasteiger partial charge in [-0.25, -0.2) is 4.39 Å². The van der Waals surface area contributed by atoms with Crippen LogP contribution in [-0.2, 0) is 0 Å². The molecule has 1 aromatic heterocycles. The van der Waals surface area contributed by atoms with E-state index >= 15 is 0 Å². The molecule has 0 unspecified atom stereocenters. The van der Waals surface area contributed by atoms with Gasteiger partial charge in [-0.2, -0.15) is 4.98 Å². The van der Waals surface area contributed by atoms with Crippen molar-refractivity contribution >= 4 is 15.9 Å². The number of benzene rings is 1. The third-order valence-corrected chi connectivity index (χ3v) is 3.43. The van der Waals surface area contributed by atoms with Gasteiger partial charge >= 0.3 is 0 Å². The first-order valence-electron chi connectivity index (χ1n) is 5.83. The van der Waals surface area contributed by atoms with Crippen LogP contribution < -0.4 is 5.32 Å². The predicted octanol–water partition coefficient (Wildman–Crippen LogP) is 2.03. The number of aliphatic hydroxyl groups is 1. The molecule has 1 saturated heterocycles. The van der Waals surface area contributed by atoms with E-state index in [1.54, 1.807) is 6.07 Å². The van der Waals surface area contributed by atoms with Gasteiger partial charge in [0.05, 0.1) is 12.1 Å². The number of nitrogens with one attached hydrogen (secondary N) is 1. The van der Waals surface area contributed by atoms with Gasteiger partial charge in [-0.1, -0.05) is 21.1 Å². The van der Waals surface area contributed by atoms with Crippen LogP contribution in [-0.4, -0.2) is 27.9 Å². The Morgan fingerprint density at radius 3 is 2.95 bits per heavy atom. The van der Waals surface area contributed by atoms with Crippen LogP contribution >= 0.6 is 15.9 Å².